The molecule has 0 aromatic heterocycles. The van der Waals surface area contributed by atoms with Crippen LogP contribution in [0.25, 0.3) is 0 Å². The van der Waals surface area contributed by atoms with Gasteiger partial charge in [-0.2, -0.15) is 0 Å². The molecule has 4 N–H and O–H groups in total. The Morgan fingerprint density at radius 2 is 2.05 bits per heavy atom. The summed E-state index contributed by atoms with van der Waals surface area (Å²) in [6, 6.07) is 9.55. The highest BCUT2D eigenvalue weighted by atomic mass is 16.4. The summed E-state index contributed by atoms with van der Waals surface area (Å²) in [6.45, 7) is 2.73. The van der Waals surface area contributed by atoms with Crippen LogP contribution < -0.4 is 11.1 Å². The van der Waals surface area contributed by atoms with Crippen molar-refractivity contribution in [3.05, 3.63) is 35.9 Å². The van der Waals surface area contributed by atoms with Crippen molar-refractivity contribution in [3.8, 4) is 0 Å². The molecule has 0 fully saturated rings. The molecule has 5 nitrogen and oxygen atoms in total. The molecule has 0 heterocycles. The van der Waals surface area contributed by atoms with Crippen molar-refractivity contribution >= 4 is 11.7 Å². The Morgan fingerprint density at radius 1 is 1.35 bits per heavy atom. The van der Waals surface area contributed by atoms with Gasteiger partial charge in [0.05, 0.1) is 0 Å². The van der Waals surface area contributed by atoms with Gasteiger partial charge in [-0.25, -0.2) is 0 Å². The number of nitrogens with zero attached hydrogens (tertiary/aromatic N) is 1. The van der Waals surface area contributed by atoms with Gasteiger partial charge in [0.2, 0.25) is 5.91 Å². The molecule has 1 aromatic rings. The van der Waals surface area contributed by atoms with E-state index in [0.717, 1.165) is 24.8 Å². The van der Waals surface area contributed by atoms with Crippen LogP contribution in [0.4, 0.5) is 0 Å². The van der Waals surface area contributed by atoms with Crippen LogP contribution in [0.5, 0.6) is 0 Å². The van der Waals surface area contributed by atoms with Gasteiger partial charge in [-0.15, -0.1) is 0 Å². The number of carbonyl (C=O) groups is 1. The van der Waals surface area contributed by atoms with E-state index in [2.05, 4.69) is 17.4 Å². The molecule has 1 aromatic carbocycles. The fourth-order valence-electron chi connectivity index (χ4n) is 1.96. The molecular formula is C15H23N3O2. The first-order chi connectivity index (χ1) is 9.69. The minimum Gasteiger partial charge on any atom is -0.409 e. The third kappa shape index (κ3) is 5.30. The van der Waals surface area contributed by atoms with Crippen LogP contribution >= 0.6 is 0 Å². The predicted molar refractivity (Wildman–Crippen MR) is 79.6 cm³/mol. The summed E-state index contributed by atoms with van der Waals surface area (Å²) < 4.78 is 0. The second-order valence-corrected chi connectivity index (χ2v) is 4.77. The van der Waals surface area contributed by atoms with E-state index < -0.39 is 5.92 Å². The maximum Gasteiger partial charge on any atom is 0.231 e. The zero-order chi connectivity index (χ0) is 14.8. The SMILES string of the molecule is CCCCCNC(=O)C(Cc1ccccc1)C(N)=NO. The maximum atomic E-state index is 12.1. The average Bonchev–Trinajstić information content (AvgIpc) is 2.49. The lowest BCUT2D eigenvalue weighted by atomic mass is 9.97. The van der Waals surface area contributed by atoms with E-state index in [4.69, 9.17) is 10.9 Å². The van der Waals surface area contributed by atoms with Crippen molar-refractivity contribution in [2.24, 2.45) is 16.8 Å². The molecule has 0 saturated carbocycles. The van der Waals surface area contributed by atoms with E-state index >= 15 is 0 Å². The molecule has 1 amide bonds. The zero-order valence-corrected chi connectivity index (χ0v) is 11.9. The number of carbonyl (C=O) groups excluding carboxylic acids is 1. The fraction of sp³-hybridized carbons (Fsp3) is 0.467. The molecule has 0 saturated heterocycles. The van der Waals surface area contributed by atoms with Crippen molar-refractivity contribution in [3.63, 3.8) is 0 Å². The number of benzene rings is 1. The molecule has 110 valence electrons. The largest absolute Gasteiger partial charge is 0.409 e. The van der Waals surface area contributed by atoms with Crippen LogP contribution in [0.2, 0.25) is 0 Å². The van der Waals surface area contributed by atoms with Crippen LogP contribution in [0.3, 0.4) is 0 Å². The third-order valence-corrected chi connectivity index (χ3v) is 3.15. The number of unbranched alkanes of at least 4 members (excludes halogenated alkanes) is 2. The molecule has 0 aliphatic rings. The quantitative estimate of drug-likeness (QED) is 0.223. The van der Waals surface area contributed by atoms with Crippen LogP contribution in [-0.2, 0) is 11.2 Å². The Bertz CT molecular complexity index is 432. The highest BCUT2D eigenvalue weighted by molar-refractivity contribution is 6.02. The third-order valence-electron chi connectivity index (χ3n) is 3.15. The van der Waals surface area contributed by atoms with Crippen molar-refractivity contribution in [1.29, 1.82) is 0 Å². The monoisotopic (exact) mass is 277 g/mol. The van der Waals surface area contributed by atoms with E-state index in [1.54, 1.807) is 0 Å². The van der Waals surface area contributed by atoms with Gasteiger partial charge in [-0.3, -0.25) is 4.79 Å². The van der Waals surface area contributed by atoms with Crippen molar-refractivity contribution in [1.82, 2.24) is 5.32 Å². The Morgan fingerprint density at radius 3 is 2.65 bits per heavy atom. The number of hydrogen-bond acceptors (Lipinski definition) is 3. The van der Waals surface area contributed by atoms with Gasteiger partial charge in [-0.05, 0) is 18.4 Å². The Hall–Kier alpha value is -2.04. The van der Waals surface area contributed by atoms with E-state index in [1.807, 2.05) is 30.3 Å². The van der Waals surface area contributed by atoms with Crippen molar-refractivity contribution in [2.75, 3.05) is 6.54 Å². The molecule has 0 bridgehead atoms. The average molecular weight is 277 g/mol. The summed E-state index contributed by atoms with van der Waals surface area (Å²) in [5.74, 6) is -0.883. The van der Waals surface area contributed by atoms with Gasteiger partial charge < -0.3 is 16.3 Å². The molecule has 0 spiro atoms. The van der Waals surface area contributed by atoms with Crippen molar-refractivity contribution in [2.45, 2.75) is 32.6 Å². The number of rotatable bonds is 8. The van der Waals surface area contributed by atoms with E-state index in [0.29, 0.717) is 13.0 Å². The molecule has 5 heteroatoms. The van der Waals surface area contributed by atoms with E-state index in [-0.39, 0.29) is 11.7 Å². The molecule has 0 aliphatic carbocycles. The number of nitrogens with two attached hydrogens (primary N) is 1. The highest BCUT2D eigenvalue weighted by Crippen LogP contribution is 2.09. The molecule has 1 atom stereocenters. The Labute approximate surface area is 119 Å². The van der Waals surface area contributed by atoms with Crippen LogP contribution in [-0.4, -0.2) is 23.5 Å². The summed E-state index contributed by atoms with van der Waals surface area (Å²) >= 11 is 0. The molecule has 1 rings (SSSR count). The lowest BCUT2D eigenvalue weighted by Gasteiger charge is -2.15. The molecular weight excluding hydrogens is 254 g/mol. The van der Waals surface area contributed by atoms with Crippen LogP contribution in [0.1, 0.15) is 31.7 Å². The normalized spacial score (nSPS) is 12.9. The second-order valence-electron chi connectivity index (χ2n) is 4.77. The lowest BCUT2D eigenvalue weighted by molar-refractivity contribution is -0.123. The summed E-state index contributed by atoms with van der Waals surface area (Å²) in [7, 11) is 0. The predicted octanol–water partition coefficient (Wildman–Crippen LogP) is 1.90. The lowest BCUT2D eigenvalue weighted by Crippen LogP contribution is -2.40. The van der Waals surface area contributed by atoms with Gasteiger partial charge >= 0.3 is 0 Å². The smallest absolute Gasteiger partial charge is 0.231 e. The summed E-state index contributed by atoms with van der Waals surface area (Å²) in [6.07, 6.45) is 3.55. The number of amidine groups is 1. The van der Waals surface area contributed by atoms with Crippen LogP contribution in [0, 0.1) is 5.92 Å². The second kappa shape index (κ2) is 8.96. The maximum absolute atomic E-state index is 12.1. The first kappa shape index (κ1) is 16.0. The fourth-order valence-corrected chi connectivity index (χ4v) is 1.96. The first-order valence-corrected chi connectivity index (χ1v) is 6.98. The van der Waals surface area contributed by atoms with E-state index in [1.165, 1.54) is 0 Å². The van der Waals surface area contributed by atoms with Gasteiger partial charge in [0.15, 0.2) is 5.84 Å². The first-order valence-electron chi connectivity index (χ1n) is 6.98. The summed E-state index contributed by atoms with van der Waals surface area (Å²) in [5, 5.41) is 14.7. The summed E-state index contributed by atoms with van der Waals surface area (Å²) in [5.41, 5.74) is 6.61. The Balaban J connectivity index is 2.62. The zero-order valence-electron chi connectivity index (χ0n) is 11.9. The molecule has 0 aliphatic heterocycles. The number of nitrogens with one attached hydrogen (secondary N) is 1. The molecule has 20 heavy (non-hydrogen) atoms. The van der Waals surface area contributed by atoms with Gasteiger partial charge in [0.25, 0.3) is 0 Å². The summed E-state index contributed by atoms with van der Waals surface area (Å²) in [4.78, 5) is 12.1. The number of oxime groups is 1. The number of hydrogen-bond donors (Lipinski definition) is 3. The van der Waals surface area contributed by atoms with Gasteiger partial charge in [0.1, 0.15) is 5.92 Å². The number of amides is 1. The highest BCUT2D eigenvalue weighted by Gasteiger charge is 2.23. The Kier molecular flexibility index (Phi) is 7.17. The minimum absolute atomic E-state index is 0.0538. The van der Waals surface area contributed by atoms with Crippen molar-refractivity contribution < 1.29 is 10.0 Å². The standard InChI is InChI=1S/C15H23N3O2/c1-2-3-7-10-17-15(19)13(14(16)18-20)11-12-8-5-4-6-9-12/h4-6,8-9,13,20H,2-3,7,10-11H2,1H3,(H2,16,18)(H,17,19). The molecule has 1 unspecified atom stereocenters. The van der Waals surface area contributed by atoms with Crippen LogP contribution in [0.15, 0.2) is 35.5 Å². The van der Waals surface area contributed by atoms with Gasteiger partial charge in [-0.1, -0.05) is 55.3 Å². The topological polar surface area (TPSA) is 87.7 Å². The minimum atomic E-state index is -0.635. The van der Waals surface area contributed by atoms with E-state index in [9.17, 15) is 4.79 Å². The molecule has 0 radical (unpaired) electrons. The van der Waals surface area contributed by atoms with Gasteiger partial charge in [0, 0.05) is 6.54 Å².